The lowest BCUT2D eigenvalue weighted by Crippen LogP contribution is -2.35. The summed E-state index contributed by atoms with van der Waals surface area (Å²) in [5, 5.41) is 9.07. The minimum Gasteiger partial charge on any atom is -0.396 e. The number of likely N-dealkylation sites (tertiary alicyclic amines) is 1. The van der Waals surface area contributed by atoms with Gasteiger partial charge < -0.3 is 10.0 Å². The third kappa shape index (κ3) is 3.16. The van der Waals surface area contributed by atoms with Crippen molar-refractivity contribution in [2.75, 3.05) is 39.3 Å². The molecule has 88 valence electrons. The van der Waals surface area contributed by atoms with E-state index in [-0.39, 0.29) is 0 Å². The average Bonchev–Trinajstić information content (AvgIpc) is 2.98. The number of hydrogen-bond acceptors (Lipinski definition) is 3. The first-order valence-corrected chi connectivity index (χ1v) is 6.40. The first-order valence-electron chi connectivity index (χ1n) is 6.40. The summed E-state index contributed by atoms with van der Waals surface area (Å²) in [7, 11) is 0. The SMILES string of the molecule is CCN(CCN1CCC(CO)C1)C1CC1. The second-order valence-electron chi connectivity index (χ2n) is 5.00. The molecule has 1 saturated carbocycles. The summed E-state index contributed by atoms with van der Waals surface area (Å²) >= 11 is 0. The Morgan fingerprint density at radius 3 is 2.67 bits per heavy atom. The predicted molar refractivity (Wildman–Crippen MR) is 61.9 cm³/mol. The van der Waals surface area contributed by atoms with Crippen LogP contribution in [-0.4, -0.2) is 60.3 Å². The maximum Gasteiger partial charge on any atom is 0.0471 e. The highest BCUT2D eigenvalue weighted by molar-refractivity contribution is 4.85. The zero-order valence-corrected chi connectivity index (χ0v) is 9.86. The van der Waals surface area contributed by atoms with Crippen molar-refractivity contribution in [1.29, 1.82) is 0 Å². The molecule has 3 heteroatoms. The Hall–Kier alpha value is -0.120. The van der Waals surface area contributed by atoms with E-state index in [1.165, 1.54) is 45.4 Å². The molecule has 0 radical (unpaired) electrons. The standard InChI is InChI=1S/C12H24N2O/c1-2-14(12-3-4-12)8-7-13-6-5-11(9-13)10-15/h11-12,15H,2-10H2,1H3. The van der Waals surface area contributed by atoms with Crippen molar-refractivity contribution < 1.29 is 5.11 Å². The number of nitrogens with zero attached hydrogens (tertiary/aromatic N) is 2. The number of hydrogen-bond donors (Lipinski definition) is 1. The van der Waals surface area contributed by atoms with Crippen LogP contribution in [0, 0.1) is 5.92 Å². The highest BCUT2D eigenvalue weighted by Crippen LogP contribution is 2.26. The van der Waals surface area contributed by atoms with E-state index in [9.17, 15) is 0 Å². The molecule has 0 amide bonds. The maximum absolute atomic E-state index is 9.07. The van der Waals surface area contributed by atoms with E-state index < -0.39 is 0 Å². The number of likely N-dealkylation sites (N-methyl/N-ethyl adjacent to an activating group) is 1. The Bertz CT molecular complexity index is 194. The number of aliphatic hydroxyl groups is 1. The number of rotatable bonds is 6. The van der Waals surface area contributed by atoms with Gasteiger partial charge in [-0.05, 0) is 38.3 Å². The Morgan fingerprint density at radius 2 is 2.13 bits per heavy atom. The molecule has 1 unspecified atom stereocenters. The van der Waals surface area contributed by atoms with Crippen LogP contribution < -0.4 is 0 Å². The van der Waals surface area contributed by atoms with Gasteiger partial charge in [0.25, 0.3) is 0 Å². The molecule has 15 heavy (non-hydrogen) atoms. The van der Waals surface area contributed by atoms with Gasteiger partial charge in [-0.3, -0.25) is 4.90 Å². The Kier molecular flexibility index (Phi) is 4.00. The van der Waals surface area contributed by atoms with Gasteiger partial charge in [-0.15, -0.1) is 0 Å². The molecule has 2 aliphatic rings. The second-order valence-corrected chi connectivity index (χ2v) is 5.00. The van der Waals surface area contributed by atoms with Crippen LogP contribution >= 0.6 is 0 Å². The van der Waals surface area contributed by atoms with Crippen LogP contribution in [0.2, 0.25) is 0 Å². The molecule has 0 aromatic rings. The van der Waals surface area contributed by atoms with Gasteiger partial charge in [0.1, 0.15) is 0 Å². The molecule has 1 aliphatic carbocycles. The minimum atomic E-state index is 0.372. The van der Waals surface area contributed by atoms with Crippen molar-refractivity contribution in [1.82, 2.24) is 9.80 Å². The summed E-state index contributed by atoms with van der Waals surface area (Å²) in [5.74, 6) is 0.543. The monoisotopic (exact) mass is 212 g/mol. The first kappa shape index (κ1) is 11.4. The summed E-state index contributed by atoms with van der Waals surface area (Å²) < 4.78 is 0. The summed E-state index contributed by atoms with van der Waals surface area (Å²) in [6.07, 6.45) is 4.01. The lowest BCUT2D eigenvalue weighted by Gasteiger charge is -2.23. The van der Waals surface area contributed by atoms with Gasteiger partial charge in [-0.25, -0.2) is 0 Å². The summed E-state index contributed by atoms with van der Waals surface area (Å²) in [6.45, 7) is 8.55. The molecule has 1 heterocycles. The molecule has 3 nitrogen and oxygen atoms in total. The Morgan fingerprint density at radius 1 is 1.33 bits per heavy atom. The van der Waals surface area contributed by atoms with E-state index >= 15 is 0 Å². The van der Waals surface area contributed by atoms with Gasteiger partial charge >= 0.3 is 0 Å². The van der Waals surface area contributed by atoms with Gasteiger partial charge in [0, 0.05) is 32.3 Å². The van der Waals surface area contributed by atoms with E-state index in [2.05, 4.69) is 16.7 Å². The zero-order chi connectivity index (χ0) is 10.7. The zero-order valence-electron chi connectivity index (χ0n) is 9.86. The van der Waals surface area contributed by atoms with E-state index in [1.807, 2.05) is 0 Å². The topological polar surface area (TPSA) is 26.7 Å². The van der Waals surface area contributed by atoms with E-state index in [0.29, 0.717) is 12.5 Å². The van der Waals surface area contributed by atoms with Crippen molar-refractivity contribution in [2.24, 2.45) is 5.92 Å². The van der Waals surface area contributed by atoms with Crippen molar-refractivity contribution >= 4 is 0 Å². The third-order valence-electron chi connectivity index (χ3n) is 3.80. The molecule has 0 aromatic heterocycles. The van der Waals surface area contributed by atoms with E-state index in [1.54, 1.807) is 0 Å². The minimum absolute atomic E-state index is 0.372. The lowest BCUT2D eigenvalue weighted by molar-refractivity contribution is 0.201. The highest BCUT2D eigenvalue weighted by atomic mass is 16.3. The highest BCUT2D eigenvalue weighted by Gasteiger charge is 2.28. The van der Waals surface area contributed by atoms with Crippen LogP contribution in [0.1, 0.15) is 26.2 Å². The molecule has 2 rings (SSSR count). The first-order chi connectivity index (χ1) is 7.33. The molecule has 1 N–H and O–H groups in total. The maximum atomic E-state index is 9.07. The smallest absolute Gasteiger partial charge is 0.0471 e. The van der Waals surface area contributed by atoms with Crippen LogP contribution in [0.4, 0.5) is 0 Å². The second kappa shape index (κ2) is 5.28. The van der Waals surface area contributed by atoms with Crippen molar-refractivity contribution in [3.63, 3.8) is 0 Å². The molecule has 1 saturated heterocycles. The van der Waals surface area contributed by atoms with E-state index in [0.717, 1.165) is 12.6 Å². The van der Waals surface area contributed by atoms with Crippen LogP contribution in [0.3, 0.4) is 0 Å². The number of aliphatic hydroxyl groups excluding tert-OH is 1. The van der Waals surface area contributed by atoms with Crippen molar-refractivity contribution in [2.45, 2.75) is 32.2 Å². The van der Waals surface area contributed by atoms with E-state index in [4.69, 9.17) is 5.11 Å². The van der Waals surface area contributed by atoms with Crippen molar-refractivity contribution in [3.8, 4) is 0 Å². The molecule has 0 bridgehead atoms. The summed E-state index contributed by atoms with van der Waals surface area (Å²) in [4.78, 5) is 5.11. The molecule has 0 aromatic carbocycles. The average molecular weight is 212 g/mol. The largest absolute Gasteiger partial charge is 0.396 e. The van der Waals surface area contributed by atoms with Crippen molar-refractivity contribution in [3.05, 3.63) is 0 Å². The Balaban J connectivity index is 1.64. The van der Waals surface area contributed by atoms with Gasteiger partial charge in [0.05, 0.1) is 0 Å². The molecule has 0 spiro atoms. The van der Waals surface area contributed by atoms with Gasteiger partial charge in [0.15, 0.2) is 0 Å². The molecule has 1 aliphatic heterocycles. The fourth-order valence-corrected chi connectivity index (χ4v) is 2.57. The van der Waals surface area contributed by atoms with Crippen LogP contribution in [0.15, 0.2) is 0 Å². The third-order valence-corrected chi connectivity index (χ3v) is 3.80. The molecule has 2 fully saturated rings. The fourth-order valence-electron chi connectivity index (χ4n) is 2.57. The fraction of sp³-hybridized carbons (Fsp3) is 1.00. The summed E-state index contributed by atoms with van der Waals surface area (Å²) in [6, 6.07) is 0.895. The Labute approximate surface area is 93.1 Å². The van der Waals surface area contributed by atoms with Crippen LogP contribution in [-0.2, 0) is 0 Å². The van der Waals surface area contributed by atoms with Crippen LogP contribution in [0.5, 0.6) is 0 Å². The molecular formula is C12H24N2O. The lowest BCUT2D eigenvalue weighted by atomic mass is 10.1. The molecule has 1 atom stereocenters. The van der Waals surface area contributed by atoms with Gasteiger partial charge in [0.2, 0.25) is 0 Å². The summed E-state index contributed by atoms with van der Waals surface area (Å²) in [5.41, 5.74) is 0. The predicted octanol–water partition coefficient (Wildman–Crippen LogP) is 0.785. The molecular weight excluding hydrogens is 188 g/mol. The van der Waals surface area contributed by atoms with Gasteiger partial charge in [-0.1, -0.05) is 6.92 Å². The normalized spacial score (nSPS) is 27.8. The van der Waals surface area contributed by atoms with Crippen LogP contribution in [0.25, 0.3) is 0 Å². The van der Waals surface area contributed by atoms with Gasteiger partial charge in [-0.2, -0.15) is 0 Å². The quantitative estimate of drug-likeness (QED) is 0.705.